The molecule has 0 saturated carbocycles. The fraction of sp³-hybridized carbons (Fsp3) is 0.765. The molecule has 2 N–H and O–H groups in total. The first-order valence-electron chi connectivity index (χ1n) is 8.85. The monoisotopic (exact) mass is 482 g/mol. The summed E-state index contributed by atoms with van der Waals surface area (Å²) >= 11 is 1.79. The quantitative estimate of drug-likeness (QED) is 0.232. The predicted octanol–water partition coefficient (Wildman–Crippen LogP) is 2.47. The van der Waals surface area contributed by atoms with Crippen molar-refractivity contribution in [1.29, 1.82) is 0 Å². The van der Waals surface area contributed by atoms with Crippen LogP contribution in [0.2, 0.25) is 0 Å². The molecule has 1 aliphatic rings. The van der Waals surface area contributed by atoms with Gasteiger partial charge in [-0.25, -0.2) is 4.98 Å². The lowest BCUT2D eigenvalue weighted by Gasteiger charge is -2.12. The van der Waals surface area contributed by atoms with E-state index in [9.17, 15) is 0 Å². The van der Waals surface area contributed by atoms with Gasteiger partial charge in [0.15, 0.2) is 5.96 Å². The van der Waals surface area contributed by atoms with Gasteiger partial charge in [-0.2, -0.15) is 0 Å². The van der Waals surface area contributed by atoms with Crippen LogP contribution in [0, 0.1) is 5.92 Å². The van der Waals surface area contributed by atoms with Crippen molar-refractivity contribution in [3.63, 3.8) is 0 Å². The molecule has 1 aromatic rings. The summed E-state index contributed by atoms with van der Waals surface area (Å²) < 4.78 is 11.0. The van der Waals surface area contributed by atoms with E-state index in [4.69, 9.17) is 9.47 Å². The Hall–Kier alpha value is -0.450. The Labute approximate surface area is 172 Å². The molecule has 0 bridgehead atoms. The molecule has 2 rings (SSSR count). The van der Waals surface area contributed by atoms with Crippen LogP contribution in [0.1, 0.15) is 29.7 Å². The molecule has 0 radical (unpaired) electrons. The lowest BCUT2D eigenvalue weighted by atomic mass is 10.1. The smallest absolute Gasteiger partial charge is 0.190 e. The second-order valence-corrected chi connectivity index (χ2v) is 7.11. The zero-order chi connectivity index (χ0) is 17.0. The van der Waals surface area contributed by atoms with Crippen molar-refractivity contribution in [3.05, 3.63) is 16.1 Å². The average molecular weight is 482 g/mol. The number of guanidine groups is 1. The van der Waals surface area contributed by atoms with Crippen LogP contribution >= 0.6 is 35.3 Å². The van der Waals surface area contributed by atoms with E-state index in [1.807, 2.05) is 6.20 Å². The van der Waals surface area contributed by atoms with E-state index in [0.717, 1.165) is 71.2 Å². The summed E-state index contributed by atoms with van der Waals surface area (Å²) in [5.41, 5.74) is 0. The maximum atomic E-state index is 5.70. The van der Waals surface area contributed by atoms with Gasteiger partial charge in [0.2, 0.25) is 0 Å². The third-order valence-corrected chi connectivity index (χ3v) is 5.14. The molecule has 1 aromatic heterocycles. The van der Waals surface area contributed by atoms with Crippen molar-refractivity contribution < 1.29 is 9.47 Å². The van der Waals surface area contributed by atoms with E-state index < -0.39 is 0 Å². The summed E-state index contributed by atoms with van der Waals surface area (Å²) in [6, 6.07) is 0. The summed E-state index contributed by atoms with van der Waals surface area (Å²) in [7, 11) is 1.80. The Morgan fingerprint density at radius 3 is 2.96 bits per heavy atom. The molecule has 8 heteroatoms. The second-order valence-electron chi connectivity index (χ2n) is 5.91. The van der Waals surface area contributed by atoms with E-state index in [0.29, 0.717) is 5.92 Å². The average Bonchev–Trinajstić information content (AvgIpc) is 3.27. The van der Waals surface area contributed by atoms with Crippen molar-refractivity contribution in [1.82, 2.24) is 15.6 Å². The zero-order valence-corrected chi connectivity index (χ0v) is 18.4. The highest BCUT2D eigenvalue weighted by atomic mass is 127. The van der Waals surface area contributed by atoms with Gasteiger partial charge in [0.25, 0.3) is 0 Å². The van der Waals surface area contributed by atoms with Gasteiger partial charge >= 0.3 is 0 Å². The lowest BCUT2D eigenvalue weighted by Crippen LogP contribution is -2.39. The summed E-state index contributed by atoms with van der Waals surface area (Å²) in [4.78, 5) is 10.0. The molecule has 0 aliphatic carbocycles. The molecular formula is C17H31IN4O2S. The Morgan fingerprint density at radius 1 is 1.44 bits per heavy atom. The third-order valence-electron chi connectivity index (χ3n) is 3.94. The number of nitrogens with zero attached hydrogens (tertiary/aromatic N) is 2. The van der Waals surface area contributed by atoms with Gasteiger partial charge in [0.1, 0.15) is 0 Å². The first kappa shape index (κ1) is 22.6. The number of thiazole rings is 1. The molecule has 1 unspecified atom stereocenters. The Balaban J connectivity index is 0.00000312. The lowest BCUT2D eigenvalue weighted by molar-refractivity contribution is 0.0888. The first-order chi connectivity index (χ1) is 11.8. The molecule has 0 aromatic carbocycles. The number of hydrogen-bond acceptors (Lipinski definition) is 5. The SMILES string of the molecule is CCc1cnc(CCNC(=NC)NCCCOCC2CCOC2)s1.I. The summed E-state index contributed by atoms with van der Waals surface area (Å²) in [6.07, 6.45) is 6.07. The zero-order valence-electron chi connectivity index (χ0n) is 15.3. The van der Waals surface area contributed by atoms with Crippen LogP contribution in [0.15, 0.2) is 11.2 Å². The van der Waals surface area contributed by atoms with Crippen LogP contribution in [0.4, 0.5) is 0 Å². The predicted molar refractivity (Wildman–Crippen MR) is 114 cm³/mol. The van der Waals surface area contributed by atoms with Gasteiger partial charge in [-0.15, -0.1) is 35.3 Å². The van der Waals surface area contributed by atoms with Crippen molar-refractivity contribution in [2.45, 2.75) is 32.6 Å². The molecule has 25 heavy (non-hydrogen) atoms. The number of aryl methyl sites for hydroxylation is 1. The second kappa shape index (κ2) is 13.7. The number of nitrogens with one attached hydrogen (secondary N) is 2. The number of aromatic nitrogens is 1. The number of rotatable bonds is 10. The summed E-state index contributed by atoms with van der Waals surface area (Å²) in [5.74, 6) is 1.43. The van der Waals surface area contributed by atoms with Crippen molar-refractivity contribution in [2.24, 2.45) is 10.9 Å². The standard InChI is InChI=1S/C17H30N4O2S.HI/c1-3-15-11-21-16(24-15)5-8-20-17(18-2)19-7-4-9-22-12-14-6-10-23-13-14;/h11,14H,3-10,12-13H2,1-2H3,(H2,18,19,20);1H. The molecular weight excluding hydrogens is 451 g/mol. The number of ether oxygens (including phenoxy) is 2. The number of hydrogen-bond donors (Lipinski definition) is 2. The van der Waals surface area contributed by atoms with Gasteiger partial charge in [0, 0.05) is 56.8 Å². The number of aliphatic imine (C=N–C) groups is 1. The maximum absolute atomic E-state index is 5.70. The van der Waals surface area contributed by atoms with Crippen molar-refractivity contribution in [3.8, 4) is 0 Å². The van der Waals surface area contributed by atoms with Crippen LogP contribution in [-0.4, -0.2) is 57.5 Å². The summed E-state index contributed by atoms with van der Waals surface area (Å²) in [6.45, 7) is 7.20. The van der Waals surface area contributed by atoms with Crippen molar-refractivity contribution >= 4 is 41.3 Å². The third kappa shape index (κ3) is 9.16. The number of halogens is 1. The Kier molecular flexibility index (Phi) is 12.4. The fourth-order valence-corrected chi connectivity index (χ4v) is 3.34. The maximum Gasteiger partial charge on any atom is 0.190 e. The van der Waals surface area contributed by atoms with E-state index in [1.54, 1.807) is 18.4 Å². The Morgan fingerprint density at radius 2 is 2.28 bits per heavy atom. The molecule has 1 aliphatic heterocycles. The van der Waals surface area contributed by atoms with E-state index >= 15 is 0 Å². The van der Waals surface area contributed by atoms with Crippen LogP contribution in [-0.2, 0) is 22.3 Å². The summed E-state index contributed by atoms with van der Waals surface area (Å²) in [5, 5.41) is 7.83. The highest BCUT2D eigenvalue weighted by Gasteiger charge is 2.15. The van der Waals surface area contributed by atoms with E-state index in [2.05, 4.69) is 27.5 Å². The van der Waals surface area contributed by atoms with Gasteiger partial charge < -0.3 is 20.1 Å². The van der Waals surface area contributed by atoms with Crippen LogP contribution in [0.3, 0.4) is 0 Å². The fourth-order valence-electron chi connectivity index (χ4n) is 2.48. The highest BCUT2D eigenvalue weighted by Crippen LogP contribution is 2.13. The van der Waals surface area contributed by atoms with Gasteiger partial charge in [-0.05, 0) is 19.3 Å². The molecule has 1 fully saturated rings. The Bertz CT molecular complexity index is 493. The molecule has 0 spiro atoms. The van der Waals surface area contributed by atoms with Crippen LogP contribution in [0.5, 0.6) is 0 Å². The highest BCUT2D eigenvalue weighted by molar-refractivity contribution is 14.0. The minimum atomic E-state index is 0. The van der Waals surface area contributed by atoms with Crippen LogP contribution < -0.4 is 10.6 Å². The molecule has 144 valence electrons. The normalized spacial score (nSPS) is 17.4. The molecule has 1 saturated heterocycles. The van der Waals surface area contributed by atoms with Crippen molar-refractivity contribution in [2.75, 3.05) is 46.6 Å². The molecule has 2 heterocycles. The van der Waals surface area contributed by atoms with Crippen LogP contribution in [0.25, 0.3) is 0 Å². The van der Waals surface area contributed by atoms with Gasteiger partial charge in [-0.1, -0.05) is 6.92 Å². The minimum absolute atomic E-state index is 0. The van der Waals surface area contributed by atoms with Gasteiger partial charge in [-0.3, -0.25) is 4.99 Å². The van der Waals surface area contributed by atoms with E-state index in [1.165, 1.54) is 9.88 Å². The molecule has 0 amide bonds. The molecule has 1 atom stereocenters. The minimum Gasteiger partial charge on any atom is -0.381 e. The first-order valence-corrected chi connectivity index (χ1v) is 9.67. The van der Waals surface area contributed by atoms with Gasteiger partial charge in [0.05, 0.1) is 18.2 Å². The van der Waals surface area contributed by atoms with E-state index in [-0.39, 0.29) is 24.0 Å². The largest absolute Gasteiger partial charge is 0.381 e. The topological polar surface area (TPSA) is 67.8 Å². The molecule has 6 nitrogen and oxygen atoms in total.